The summed E-state index contributed by atoms with van der Waals surface area (Å²) in [6, 6.07) is 13.1. The van der Waals surface area contributed by atoms with Crippen molar-refractivity contribution >= 4 is 39.1 Å². The molecular weight excluding hydrogens is 442 g/mol. The van der Waals surface area contributed by atoms with Crippen LogP contribution in [0.25, 0.3) is 0 Å². The highest BCUT2D eigenvalue weighted by Gasteiger charge is 2.14. The summed E-state index contributed by atoms with van der Waals surface area (Å²) in [5.74, 6) is -0.341. The zero-order valence-electron chi connectivity index (χ0n) is 15.5. The van der Waals surface area contributed by atoms with Gasteiger partial charge in [-0.3, -0.25) is 9.59 Å². The summed E-state index contributed by atoms with van der Waals surface area (Å²) in [6.45, 7) is 0.707. The topological polar surface area (TPSA) is 103 Å². The summed E-state index contributed by atoms with van der Waals surface area (Å²) in [4.78, 5) is 29.0. The molecule has 0 fully saturated rings. The van der Waals surface area contributed by atoms with Crippen LogP contribution in [0.1, 0.15) is 20.9 Å². The summed E-state index contributed by atoms with van der Waals surface area (Å²) >= 11 is 3.15. The average Bonchev–Trinajstić information content (AvgIpc) is 3.16. The van der Waals surface area contributed by atoms with Crippen LogP contribution in [0.5, 0.6) is 5.88 Å². The number of ether oxygens (including phenoxy) is 2. The predicted molar refractivity (Wildman–Crippen MR) is 110 cm³/mol. The maximum atomic E-state index is 12.7. The Morgan fingerprint density at radius 2 is 1.93 bits per heavy atom. The van der Waals surface area contributed by atoms with Gasteiger partial charge in [0.05, 0.1) is 6.61 Å². The fourth-order valence-corrected chi connectivity index (χ4v) is 2.69. The highest BCUT2D eigenvalue weighted by Crippen LogP contribution is 2.22. The van der Waals surface area contributed by atoms with Crippen molar-refractivity contribution in [2.24, 2.45) is 0 Å². The molecule has 0 radical (unpaired) electrons. The number of anilines is 2. The van der Waals surface area contributed by atoms with Crippen LogP contribution in [-0.2, 0) is 4.74 Å². The Labute approximate surface area is 175 Å². The number of halogens is 1. The minimum Gasteiger partial charge on any atom is -0.474 e. The lowest BCUT2D eigenvalue weighted by Gasteiger charge is -2.11. The van der Waals surface area contributed by atoms with E-state index in [9.17, 15) is 9.59 Å². The molecule has 2 amide bonds. The Morgan fingerprint density at radius 3 is 2.69 bits per heavy atom. The first-order valence-corrected chi connectivity index (χ1v) is 9.41. The molecule has 0 unspecified atom stereocenters. The molecule has 0 aliphatic carbocycles. The molecular formula is C20H18BrN3O5. The number of furan rings is 1. The molecule has 150 valence electrons. The van der Waals surface area contributed by atoms with E-state index in [2.05, 4.69) is 31.5 Å². The standard InChI is InChI=1S/C20H18BrN3O5/c1-27-10-11-28-20-15(6-3-9-22-20)24-18(25)13-4-2-5-14(12-13)23-19(26)16-7-8-17(21)29-16/h2-9,12H,10-11H2,1H3,(H,23,26)(H,24,25). The highest BCUT2D eigenvalue weighted by molar-refractivity contribution is 9.10. The molecule has 3 rings (SSSR count). The van der Waals surface area contributed by atoms with E-state index in [0.29, 0.717) is 40.7 Å². The van der Waals surface area contributed by atoms with Gasteiger partial charge in [-0.1, -0.05) is 6.07 Å². The number of hydrogen-bond donors (Lipinski definition) is 2. The van der Waals surface area contributed by atoms with Crippen LogP contribution in [0.4, 0.5) is 11.4 Å². The van der Waals surface area contributed by atoms with Gasteiger partial charge < -0.3 is 24.5 Å². The number of benzene rings is 1. The second kappa shape index (κ2) is 9.85. The van der Waals surface area contributed by atoms with Crippen molar-refractivity contribution < 1.29 is 23.5 Å². The fourth-order valence-electron chi connectivity index (χ4n) is 2.38. The van der Waals surface area contributed by atoms with Gasteiger partial charge in [0.25, 0.3) is 11.8 Å². The lowest BCUT2D eigenvalue weighted by Crippen LogP contribution is -2.15. The number of nitrogens with one attached hydrogen (secondary N) is 2. The maximum absolute atomic E-state index is 12.7. The van der Waals surface area contributed by atoms with Gasteiger partial charge in [0, 0.05) is 24.6 Å². The number of hydrogen-bond acceptors (Lipinski definition) is 6. The van der Waals surface area contributed by atoms with Gasteiger partial charge in [0.2, 0.25) is 5.88 Å². The quantitative estimate of drug-likeness (QED) is 0.494. The van der Waals surface area contributed by atoms with E-state index in [0.717, 1.165) is 0 Å². The molecule has 0 saturated heterocycles. The molecule has 0 spiro atoms. The van der Waals surface area contributed by atoms with Crippen LogP contribution < -0.4 is 15.4 Å². The molecule has 0 saturated carbocycles. The van der Waals surface area contributed by atoms with E-state index in [1.54, 1.807) is 61.8 Å². The largest absolute Gasteiger partial charge is 0.474 e. The first kappa shape index (κ1) is 20.6. The number of aromatic nitrogens is 1. The number of rotatable bonds is 8. The Balaban J connectivity index is 1.69. The molecule has 0 aliphatic rings. The second-order valence-corrected chi connectivity index (χ2v) is 6.57. The zero-order valence-corrected chi connectivity index (χ0v) is 17.1. The molecule has 0 atom stereocenters. The SMILES string of the molecule is COCCOc1ncccc1NC(=O)c1cccc(NC(=O)c2ccc(Br)o2)c1. The van der Waals surface area contributed by atoms with Crippen molar-refractivity contribution in [2.45, 2.75) is 0 Å². The first-order chi connectivity index (χ1) is 14.1. The van der Waals surface area contributed by atoms with Crippen LogP contribution in [0, 0.1) is 0 Å². The summed E-state index contributed by atoms with van der Waals surface area (Å²) in [5, 5.41) is 5.46. The monoisotopic (exact) mass is 459 g/mol. The van der Waals surface area contributed by atoms with Gasteiger partial charge in [-0.15, -0.1) is 0 Å². The first-order valence-electron chi connectivity index (χ1n) is 8.61. The van der Waals surface area contributed by atoms with Gasteiger partial charge in [-0.05, 0) is 58.4 Å². The van der Waals surface area contributed by atoms with Gasteiger partial charge in [0.15, 0.2) is 10.4 Å². The van der Waals surface area contributed by atoms with E-state index < -0.39 is 5.91 Å². The van der Waals surface area contributed by atoms with Crippen LogP contribution in [0.15, 0.2) is 63.8 Å². The van der Waals surface area contributed by atoms with E-state index in [4.69, 9.17) is 13.9 Å². The summed E-state index contributed by atoms with van der Waals surface area (Å²) in [7, 11) is 1.57. The molecule has 2 heterocycles. The molecule has 1 aromatic carbocycles. The van der Waals surface area contributed by atoms with Crippen molar-refractivity contribution in [1.29, 1.82) is 0 Å². The summed E-state index contributed by atoms with van der Waals surface area (Å²) in [5.41, 5.74) is 1.25. The molecule has 8 nitrogen and oxygen atoms in total. The number of carbonyl (C=O) groups excluding carboxylic acids is 2. The zero-order chi connectivity index (χ0) is 20.6. The number of pyridine rings is 1. The minimum absolute atomic E-state index is 0.153. The lowest BCUT2D eigenvalue weighted by atomic mass is 10.2. The predicted octanol–water partition coefficient (Wildman–Crippen LogP) is 3.97. The number of amides is 2. The van der Waals surface area contributed by atoms with Crippen molar-refractivity contribution in [3.63, 3.8) is 0 Å². The number of carbonyl (C=O) groups is 2. The maximum Gasteiger partial charge on any atom is 0.291 e. The van der Waals surface area contributed by atoms with Gasteiger partial charge in [0.1, 0.15) is 12.3 Å². The smallest absolute Gasteiger partial charge is 0.291 e. The molecule has 9 heteroatoms. The Morgan fingerprint density at radius 1 is 1.07 bits per heavy atom. The van der Waals surface area contributed by atoms with Crippen LogP contribution in [0.3, 0.4) is 0 Å². The second-order valence-electron chi connectivity index (χ2n) is 5.79. The van der Waals surface area contributed by atoms with E-state index in [1.807, 2.05) is 0 Å². The Kier molecular flexibility index (Phi) is 6.99. The third-order valence-corrected chi connectivity index (χ3v) is 4.15. The van der Waals surface area contributed by atoms with E-state index in [-0.39, 0.29) is 11.7 Å². The molecule has 2 aromatic heterocycles. The number of methoxy groups -OCH3 is 1. The van der Waals surface area contributed by atoms with Crippen LogP contribution in [-0.4, -0.2) is 37.1 Å². The van der Waals surface area contributed by atoms with Gasteiger partial charge >= 0.3 is 0 Å². The Hall–Kier alpha value is -3.17. The molecule has 29 heavy (non-hydrogen) atoms. The number of nitrogens with zero attached hydrogens (tertiary/aromatic N) is 1. The fraction of sp³-hybridized carbons (Fsp3) is 0.150. The Bertz CT molecular complexity index is 1010. The van der Waals surface area contributed by atoms with Crippen LogP contribution in [0.2, 0.25) is 0 Å². The van der Waals surface area contributed by atoms with Crippen molar-refractivity contribution in [3.05, 3.63) is 70.7 Å². The molecule has 3 aromatic rings. The highest BCUT2D eigenvalue weighted by atomic mass is 79.9. The van der Waals surface area contributed by atoms with Crippen molar-refractivity contribution in [1.82, 2.24) is 4.98 Å². The van der Waals surface area contributed by atoms with E-state index >= 15 is 0 Å². The average molecular weight is 460 g/mol. The summed E-state index contributed by atoms with van der Waals surface area (Å²) in [6.07, 6.45) is 1.57. The molecule has 0 bridgehead atoms. The lowest BCUT2D eigenvalue weighted by molar-refractivity contribution is 0.0992. The molecule has 0 aliphatic heterocycles. The van der Waals surface area contributed by atoms with E-state index in [1.165, 1.54) is 0 Å². The van der Waals surface area contributed by atoms with Gasteiger partial charge in [-0.25, -0.2) is 4.98 Å². The van der Waals surface area contributed by atoms with Crippen molar-refractivity contribution in [2.75, 3.05) is 31.0 Å². The normalized spacial score (nSPS) is 10.4. The third kappa shape index (κ3) is 5.66. The van der Waals surface area contributed by atoms with Crippen LogP contribution >= 0.6 is 15.9 Å². The van der Waals surface area contributed by atoms with Crippen molar-refractivity contribution in [3.8, 4) is 5.88 Å². The molecule has 2 N–H and O–H groups in total. The minimum atomic E-state index is -0.422. The van der Waals surface area contributed by atoms with Gasteiger partial charge in [-0.2, -0.15) is 0 Å². The third-order valence-electron chi connectivity index (χ3n) is 3.73. The summed E-state index contributed by atoms with van der Waals surface area (Å²) < 4.78 is 16.1.